The maximum Gasteiger partial charge on any atom is 0.276 e. The molecule has 2 rings (SSSR count). The second-order valence-corrected chi connectivity index (χ2v) is 3.73. The van der Waals surface area contributed by atoms with Crippen LogP contribution in [0.25, 0.3) is 6.08 Å². The molecule has 5 nitrogen and oxygen atoms in total. The van der Waals surface area contributed by atoms with Crippen molar-refractivity contribution in [2.75, 3.05) is 0 Å². The van der Waals surface area contributed by atoms with Crippen molar-refractivity contribution >= 4 is 17.5 Å². The molecule has 0 aliphatic carbocycles. The van der Waals surface area contributed by atoms with E-state index in [4.69, 9.17) is 0 Å². The largest absolute Gasteiger partial charge is 0.288 e. The number of allylic oxidation sites excluding steroid dienone is 1. The van der Waals surface area contributed by atoms with Crippen LogP contribution in [-0.4, -0.2) is 15.7 Å². The van der Waals surface area contributed by atoms with Gasteiger partial charge in [-0.25, -0.2) is 0 Å². The Morgan fingerprint density at radius 2 is 1.89 bits per heavy atom. The number of carbonyl (C=O) groups is 1. The van der Waals surface area contributed by atoms with E-state index in [1.165, 1.54) is 24.4 Å². The van der Waals surface area contributed by atoms with E-state index in [1.807, 2.05) is 0 Å². The van der Waals surface area contributed by atoms with E-state index in [1.54, 1.807) is 36.4 Å². The molecule has 0 saturated heterocycles. The smallest absolute Gasteiger partial charge is 0.276 e. The van der Waals surface area contributed by atoms with Crippen LogP contribution >= 0.6 is 0 Å². The van der Waals surface area contributed by atoms with Gasteiger partial charge >= 0.3 is 0 Å². The van der Waals surface area contributed by atoms with E-state index < -0.39 is 4.92 Å². The minimum absolute atomic E-state index is 0.0347. The van der Waals surface area contributed by atoms with Crippen LogP contribution in [0, 0.1) is 10.1 Å². The molecule has 1 aromatic heterocycles. The van der Waals surface area contributed by atoms with Crippen molar-refractivity contribution in [2.45, 2.75) is 0 Å². The van der Waals surface area contributed by atoms with Crippen LogP contribution in [0.1, 0.15) is 16.1 Å². The molecule has 2 aromatic rings. The molecule has 1 heterocycles. The van der Waals surface area contributed by atoms with Gasteiger partial charge in [0.25, 0.3) is 5.69 Å². The Balaban J connectivity index is 2.24. The minimum Gasteiger partial charge on any atom is -0.288 e. The standard InChI is InChI=1S/C14H10N2O3/c17-14(12-6-3-4-10-15-12)9-8-11-5-1-2-7-13(11)16(18)19/h1-10H/b9-8+. The lowest BCUT2D eigenvalue weighted by Crippen LogP contribution is -1.97. The number of hydrogen-bond donors (Lipinski definition) is 0. The highest BCUT2D eigenvalue weighted by Gasteiger charge is 2.10. The third-order valence-corrected chi connectivity index (χ3v) is 2.47. The number of para-hydroxylation sites is 1. The average Bonchev–Trinajstić information content (AvgIpc) is 2.46. The summed E-state index contributed by atoms with van der Waals surface area (Å²) in [6.45, 7) is 0. The monoisotopic (exact) mass is 254 g/mol. The molecule has 0 unspecified atom stereocenters. The van der Waals surface area contributed by atoms with Gasteiger partial charge in [0.05, 0.1) is 10.5 Å². The van der Waals surface area contributed by atoms with Crippen LogP contribution in [0.4, 0.5) is 5.69 Å². The predicted octanol–water partition coefficient (Wildman–Crippen LogP) is 2.89. The summed E-state index contributed by atoms with van der Waals surface area (Å²) in [6, 6.07) is 11.2. The van der Waals surface area contributed by atoms with Gasteiger partial charge in [-0.3, -0.25) is 19.9 Å². The first-order chi connectivity index (χ1) is 9.18. The van der Waals surface area contributed by atoms with Crippen LogP contribution in [0.5, 0.6) is 0 Å². The number of benzene rings is 1. The normalized spacial score (nSPS) is 10.5. The summed E-state index contributed by atoms with van der Waals surface area (Å²) >= 11 is 0. The van der Waals surface area contributed by atoms with E-state index >= 15 is 0 Å². The van der Waals surface area contributed by atoms with Crippen molar-refractivity contribution in [3.05, 3.63) is 76.1 Å². The summed E-state index contributed by atoms with van der Waals surface area (Å²) in [5, 5.41) is 10.8. The topological polar surface area (TPSA) is 73.1 Å². The minimum atomic E-state index is -0.481. The van der Waals surface area contributed by atoms with Crippen LogP contribution in [0.2, 0.25) is 0 Å². The fraction of sp³-hybridized carbons (Fsp3) is 0. The highest BCUT2D eigenvalue weighted by Crippen LogP contribution is 2.19. The number of carbonyl (C=O) groups excluding carboxylic acids is 1. The maximum absolute atomic E-state index is 11.8. The second-order valence-electron chi connectivity index (χ2n) is 3.73. The molecule has 5 heteroatoms. The Kier molecular flexibility index (Phi) is 3.78. The number of ketones is 1. The highest BCUT2D eigenvalue weighted by molar-refractivity contribution is 6.05. The first-order valence-corrected chi connectivity index (χ1v) is 5.55. The molecule has 1 aromatic carbocycles. The van der Waals surface area contributed by atoms with Gasteiger partial charge in [0, 0.05) is 12.3 Å². The van der Waals surface area contributed by atoms with Crippen LogP contribution < -0.4 is 0 Å². The van der Waals surface area contributed by atoms with E-state index in [9.17, 15) is 14.9 Å². The summed E-state index contributed by atoms with van der Waals surface area (Å²) < 4.78 is 0. The molecular formula is C14H10N2O3. The molecule has 0 bridgehead atoms. The van der Waals surface area contributed by atoms with Gasteiger partial charge < -0.3 is 0 Å². The zero-order chi connectivity index (χ0) is 13.7. The fourth-order valence-electron chi connectivity index (χ4n) is 1.55. The highest BCUT2D eigenvalue weighted by atomic mass is 16.6. The van der Waals surface area contributed by atoms with Gasteiger partial charge in [-0.05, 0) is 30.4 Å². The first kappa shape index (κ1) is 12.6. The van der Waals surface area contributed by atoms with Crippen molar-refractivity contribution in [2.24, 2.45) is 0 Å². The van der Waals surface area contributed by atoms with Crippen molar-refractivity contribution in [1.82, 2.24) is 4.98 Å². The Bertz CT molecular complexity index is 636. The third kappa shape index (κ3) is 3.10. The van der Waals surface area contributed by atoms with Crippen LogP contribution in [0.3, 0.4) is 0 Å². The van der Waals surface area contributed by atoms with Crippen molar-refractivity contribution in [1.29, 1.82) is 0 Å². The molecular weight excluding hydrogens is 244 g/mol. The third-order valence-electron chi connectivity index (χ3n) is 2.47. The summed E-state index contributed by atoms with van der Waals surface area (Å²) in [7, 11) is 0. The van der Waals surface area contributed by atoms with Crippen molar-refractivity contribution in [3.63, 3.8) is 0 Å². The molecule has 0 amide bonds. The number of nitro groups is 1. The number of rotatable bonds is 4. The molecule has 0 fully saturated rings. The first-order valence-electron chi connectivity index (χ1n) is 5.55. The summed E-state index contributed by atoms with van der Waals surface area (Å²) in [4.78, 5) is 26.0. The van der Waals surface area contributed by atoms with E-state index in [0.29, 0.717) is 11.3 Å². The molecule has 0 spiro atoms. The van der Waals surface area contributed by atoms with E-state index in [2.05, 4.69) is 4.98 Å². The molecule has 0 aliphatic heterocycles. The molecule has 0 N–H and O–H groups in total. The number of nitrogens with zero attached hydrogens (tertiary/aromatic N) is 2. The zero-order valence-corrected chi connectivity index (χ0v) is 9.89. The predicted molar refractivity (Wildman–Crippen MR) is 70.7 cm³/mol. The number of aromatic nitrogens is 1. The SMILES string of the molecule is O=C(/C=C/c1ccccc1[N+](=O)[O-])c1ccccn1. The van der Waals surface area contributed by atoms with Gasteiger partial charge in [0.2, 0.25) is 5.78 Å². The van der Waals surface area contributed by atoms with E-state index in [-0.39, 0.29) is 11.5 Å². The zero-order valence-electron chi connectivity index (χ0n) is 9.89. The lowest BCUT2D eigenvalue weighted by atomic mass is 10.1. The molecule has 19 heavy (non-hydrogen) atoms. The molecule has 0 aliphatic rings. The Morgan fingerprint density at radius 3 is 2.58 bits per heavy atom. The number of pyridine rings is 1. The van der Waals surface area contributed by atoms with Crippen LogP contribution in [-0.2, 0) is 0 Å². The van der Waals surface area contributed by atoms with Crippen molar-refractivity contribution < 1.29 is 9.72 Å². The molecule has 94 valence electrons. The molecule has 0 saturated carbocycles. The molecule has 0 atom stereocenters. The van der Waals surface area contributed by atoms with Crippen molar-refractivity contribution in [3.8, 4) is 0 Å². The van der Waals surface area contributed by atoms with Gasteiger partial charge in [0.1, 0.15) is 5.69 Å². The molecule has 0 radical (unpaired) electrons. The van der Waals surface area contributed by atoms with Crippen LogP contribution in [0.15, 0.2) is 54.7 Å². The van der Waals surface area contributed by atoms with Gasteiger partial charge in [-0.2, -0.15) is 0 Å². The number of hydrogen-bond acceptors (Lipinski definition) is 4. The summed E-state index contributed by atoms with van der Waals surface area (Å²) in [5.74, 6) is -0.293. The quantitative estimate of drug-likeness (QED) is 0.364. The van der Waals surface area contributed by atoms with E-state index in [0.717, 1.165) is 0 Å². The van der Waals surface area contributed by atoms with Gasteiger partial charge in [-0.15, -0.1) is 0 Å². The Labute approximate surface area is 109 Å². The summed E-state index contributed by atoms with van der Waals surface area (Å²) in [6.07, 6.45) is 4.23. The number of nitro benzene ring substituents is 1. The van der Waals surface area contributed by atoms with Gasteiger partial charge in [-0.1, -0.05) is 18.2 Å². The lowest BCUT2D eigenvalue weighted by molar-refractivity contribution is -0.385. The Morgan fingerprint density at radius 1 is 1.16 bits per heavy atom. The second kappa shape index (κ2) is 5.68. The Hall–Kier alpha value is -2.82. The lowest BCUT2D eigenvalue weighted by Gasteiger charge is -1.96. The fourth-order valence-corrected chi connectivity index (χ4v) is 1.55. The average molecular weight is 254 g/mol. The summed E-state index contributed by atoms with van der Waals surface area (Å²) in [5.41, 5.74) is 0.654. The van der Waals surface area contributed by atoms with Gasteiger partial charge in [0.15, 0.2) is 0 Å². The maximum atomic E-state index is 11.8.